The second kappa shape index (κ2) is 10.1. The van der Waals surface area contributed by atoms with Crippen LogP contribution in [0.2, 0.25) is 0 Å². The number of rotatable bonds is 4. The second-order valence-electron chi connectivity index (χ2n) is 12.6. The highest BCUT2D eigenvalue weighted by Gasteiger charge is 2.35. The molecule has 46 heavy (non-hydrogen) atoms. The Kier molecular flexibility index (Phi) is 5.81. The summed E-state index contributed by atoms with van der Waals surface area (Å²) in [5.74, 6) is 0. The third-order valence-corrected chi connectivity index (χ3v) is 9.57. The van der Waals surface area contributed by atoms with E-state index in [0.717, 1.165) is 55.7 Å². The minimum atomic E-state index is -0.0266. The van der Waals surface area contributed by atoms with E-state index in [0.29, 0.717) is 0 Å². The van der Waals surface area contributed by atoms with Gasteiger partial charge in [0.25, 0.3) is 0 Å². The molecule has 4 heteroatoms. The average molecular weight is 591 g/mol. The van der Waals surface area contributed by atoms with Crippen LogP contribution in [0.15, 0.2) is 146 Å². The molecule has 4 nitrogen and oxygen atoms in total. The van der Waals surface area contributed by atoms with Crippen molar-refractivity contribution in [2.24, 2.45) is 0 Å². The highest BCUT2D eigenvalue weighted by molar-refractivity contribution is 6.07. The van der Waals surface area contributed by atoms with Crippen molar-refractivity contribution in [3.8, 4) is 50.5 Å². The van der Waals surface area contributed by atoms with Crippen LogP contribution >= 0.6 is 0 Å². The zero-order chi connectivity index (χ0) is 30.8. The van der Waals surface area contributed by atoms with Crippen molar-refractivity contribution in [1.82, 2.24) is 19.5 Å². The first-order chi connectivity index (χ1) is 22.6. The summed E-state index contributed by atoms with van der Waals surface area (Å²) < 4.78 is 2.29. The first kappa shape index (κ1) is 26.5. The van der Waals surface area contributed by atoms with Crippen LogP contribution < -0.4 is 0 Å². The molecule has 0 aliphatic heterocycles. The molecule has 0 fully saturated rings. The van der Waals surface area contributed by atoms with E-state index in [-0.39, 0.29) is 5.41 Å². The Morgan fingerprint density at radius 3 is 1.96 bits per heavy atom. The SMILES string of the molecule is CC1(C)c2ccccc2-c2ccc(-c3ccc(-c4ccc(-c5cccc(-n6c7ccccc7c7ncccc76)c5)cn4)nc3)cc21. The van der Waals surface area contributed by atoms with Crippen molar-refractivity contribution in [2.45, 2.75) is 19.3 Å². The third kappa shape index (κ3) is 4.04. The highest BCUT2D eigenvalue weighted by Crippen LogP contribution is 2.49. The van der Waals surface area contributed by atoms with Crippen molar-refractivity contribution >= 4 is 21.9 Å². The van der Waals surface area contributed by atoms with Gasteiger partial charge in [-0.25, -0.2) is 0 Å². The maximum Gasteiger partial charge on any atom is 0.0963 e. The Bertz CT molecular complexity index is 2380. The van der Waals surface area contributed by atoms with E-state index >= 15 is 0 Å². The van der Waals surface area contributed by atoms with Crippen molar-refractivity contribution in [3.63, 3.8) is 0 Å². The molecular formula is C42H30N4. The number of nitrogens with zero attached hydrogens (tertiary/aromatic N) is 4. The van der Waals surface area contributed by atoms with Crippen molar-refractivity contribution in [1.29, 1.82) is 0 Å². The van der Waals surface area contributed by atoms with E-state index in [2.05, 4.69) is 145 Å². The van der Waals surface area contributed by atoms with Gasteiger partial charge in [0.05, 0.1) is 27.9 Å². The van der Waals surface area contributed by atoms with Gasteiger partial charge in [-0.15, -0.1) is 0 Å². The molecule has 1 aliphatic rings. The number of fused-ring (bicyclic) bond motifs is 6. The summed E-state index contributed by atoms with van der Waals surface area (Å²) in [5, 5.41) is 1.15. The molecule has 1 aliphatic carbocycles. The molecule has 4 aromatic heterocycles. The third-order valence-electron chi connectivity index (χ3n) is 9.57. The van der Waals surface area contributed by atoms with Gasteiger partial charge in [-0.05, 0) is 81.9 Å². The van der Waals surface area contributed by atoms with Gasteiger partial charge in [0.15, 0.2) is 0 Å². The fraction of sp³-hybridized carbons (Fsp3) is 0.0714. The predicted molar refractivity (Wildman–Crippen MR) is 188 cm³/mol. The van der Waals surface area contributed by atoms with Gasteiger partial charge in [-0.3, -0.25) is 15.0 Å². The van der Waals surface area contributed by atoms with Gasteiger partial charge in [0.2, 0.25) is 0 Å². The summed E-state index contributed by atoms with van der Waals surface area (Å²) in [4.78, 5) is 14.3. The molecule has 8 aromatic rings. The fourth-order valence-corrected chi connectivity index (χ4v) is 7.20. The second-order valence-corrected chi connectivity index (χ2v) is 12.6. The lowest BCUT2D eigenvalue weighted by Gasteiger charge is -2.22. The van der Waals surface area contributed by atoms with Crippen molar-refractivity contribution in [2.75, 3.05) is 0 Å². The van der Waals surface area contributed by atoms with E-state index in [4.69, 9.17) is 9.97 Å². The molecule has 4 aromatic carbocycles. The van der Waals surface area contributed by atoms with E-state index < -0.39 is 0 Å². The molecule has 9 rings (SSSR count). The molecule has 0 radical (unpaired) electrons. The first-order valence-corrected chi connectivity index (χ1v) is 15.7. The fourth-order valence-electron chi connectivity index (χ4n) is 7.20. The quantitative estimate of drug-likeness (QED) is 0.205. The summed E-state index contributed by atoms with van der Waals surface area (Å²) in [5.41, 5.74) is 15.9. The van der Waals surface area contributed by atoms with Crippen LogP contribution in [-0.4, -0.2) is 19.5 Å². The number of benzene rings is 4. The van der Waals surface area contributed by atoms with Crippen LogP contribution in [0.1, 0.15) is 25.0 Å². The molecule has 0 spiro atoms. The lowest BCUT2D eigenvalue weighted by atomic mass is 9.81. The van der Waals surface area contributed by atoms with E-state index in [1.54, 1.807) is 0 Å². The van der Waals surface area contributed by atoms with Crippen molar-refractivity contribution < 1.29 is 0 Å². The maximum absolute atomic E-state index is 4.83. The van der Waals surface area contributed by atoms with Crippen LogP contribution in [0.4, 0.5) is 0 Å². The number of hydrogen-bond donors (Lipinski definition) is 0. The van der Waals surface area contributed by atoms with E-state index in [1.165, 1.54) is 27.8 Å². The Hall–Kier alpha value is -5.87. The van der Waals surface area contributed by atoms with Crippen molar-refractivity contribution in [3.05, 3.63) is 157 Å². The van der Waals surface area contributed by atoms with Gasteiger partial charge in [-0.2, -0.15) is 0 Å². The van der Waals surface area contributed by atoms with Gasteiger partial charge in [0, 0.05) is 46.2 Å². The van der Waals surface area contributed by atoms with Crippen LogP contribution in [0.25, 0.3) is 72.4 Å². The van der Waals surface area contributed by atoms with Crippen LogP contribution in [-0.2, 0) is 5.41 Å². The summed E-state index contributed by atoms with van der Waals surface area (Å²) in [6.07, 6.45) is 5.77. The predicted octanol–water partition coefficient (Wildman–Crippen LogP) is 10.3. The molecule has 218 valence electrons. The summed E-state index contributed by atoms with van der Waals surface area (Å²) in [6.45, 7) is 4.63. The van der Waals surface area contributed by atoms with Gasteiger partial charge < -0.3 is 4.57 Å². The van der Waals surface area contributed by atoms with E-state index in [1.807, 2.05) is 24.7 Å². The monoisotopic (exact) mass is 590 g/mol. The van der Waals surface area contributed by atoms with Crippen LogP contribution in [0.3, 0.4) is 0 Å². The molecule has 0 amide bonds. The molecule has 0 atom stereocenters. The van der Waals surface area contributed by atoms with Gasteiger partial charge in [-0.1, -0.05) is 92.7 Å². The number of aromatic nitrogens is 4. The summed E-state index contributed by atoms with van der Waals surface area (Å²) in [6, 6.07) is 45.2. The Morgan fingerprint density at radius 1 is 0.500 bits per heavy atom. The Balaban J connectivity index is 1.01. The summed E-state index contributed by atoms with van der Waals surface area (Å²) >= 11 is 0. The molecule has 4 heterocycles. The molecule has 0 unspecified atom stereocenters. The molecule has 0 bridgehead atoms. The van der Waals surface area contributed by atoms with Crippen LogP contribution in [0.5, 0.6) is 0 Å². The van der Waals surface area contributed by atoms with Crippen LogP contribution in [0, 0.1) is 0 Å². The van der Waals surface area contributed by atoms with Gasteiger partial charge in [0.1, 0.15) is 0 Å². The van der Waals surface area contributed by atoms with E-state index in [9.17, 15) is 0 Å². The maximum atomic E-state index is 4.83. The molecule has 0 saturated carbocycles. The average Bonchev–Trinajstić information content (AvgIpc) is 3.57. The minimum Gasteiger partial charge on any atom is -0.308 e. The smallest absolute Gasteiger partial charge is 0.0963 e. The largest absolute Gasteiger partial charge is 0.308 e. The topological polar surface area (TPSA) is 43.6 Å². The zero-order valence-corrected chi connectivity index (χ0v) is 25.6. The Labute approximate surface area is 267 Å². The Morgan fingerprint density at radius 2 is 1.17 bits per heavy atom. The zero-order valence-electron chi connectivity index (χ0n) is 25.6. The standard InChI is InChI=1S/C42H30N4/c1-42(2)35-13-5-3-11-32(35)33-19-16-28(24-36(33)42)30-18-21-38(45-26-30)37-20-17-29(25-44-37)27-9-7-10-31(23-27)46-39-14-6-4-12-34(39)41-40(46)15-8-22-43-41/h3-26H,1-2H3. The lowest BCUT2D eigenvalue weighted by Crippen LogP contribution is -2.14. The molecule has 0 N–H and O–H groups in total. The number of pyridine rings is 3. The normalized spacial score (nSPS) is 13.2. The molecular weight excluding hydrogens is 560 g/mol. The lowest BCUT2D eigenvalue weighted by molar-refractivity contribution is 0.660. The molecule has 0 saturated heterocycles. The number of hydrogen-bond acceptors (Lipinski definition) is 3. The highest BCUT2D eigenvalue weighted by atomic mass is 15.0. The number of para-hydroxylation sites is 1. The summed E-state index contributed by atoms with van der Waals surface area (Å²) in [7, 11) is 0. The first-order valence-electron chi connectivity index (χ1n) is 15.7. The van der Waals surface area contributed by atoms with Gasteiger partial charge >= 0.3 is 0 Å². The minimum absolute atomic E-state index is 0.0266.